The zero-order valence-corrected chi connectivity index (χ0v) is 17.2. The van der Waals surface area contributed by atoms with Gasteiger partial charge in [0.2, 0.25) is 0 Å². The Hall–Kier alpha value is -3.90. The third-order valence-corrected chi connectivity index (χ3v) is 4.72. The normalized spacial score (nSPS) is 10.9. The van der Waals surface area contributed by atoms with Crippen molar-refractivity contribution >= 4 is 23.7 Å². The number of ether oxygens (including phenoxy) is 1. The van der Waals surface area contributed by atoms with E-state index in [2.05, 4.69) is 20.7 Å². The molecule has 0 aliphatic rings. The number of aromatic amines is 1. The zero-order chi connectivity index (χ0) is 21.5. The van der Waals surface area contributed by atoms with E-state index < -0.39 is 0 Å². The van der Waals surface area contributed by atoms with E-state index in [1.54, 1.807) is 36.5 Å². The average Bonchev–Trinajstić information content (AvgIpc) is 3.30. The van der Waals surface area contributed by atoms with Crippen molar-refractivity contribution < 1.29 is 9.53 Å². The van der Waals surface area contributed by atoms with Crippen molar-refractivity contribution in [3.05, 3.63) is 107 Å². The van der Waals surface area contributed by atoms with Gasteiger partial charge >= 0.3 is 0 Å². The minimum atomic E-state index is -0.383. The molecule has 1 amide bonds. The molecule has 0 atom stereocenters. The molecule has 154 valence electrons. The number of nitrogens with zero attached hydrogens (tertiary/aromatic N) is 2. The quantitative estimate of drug-likeness (QED) is 0.317. The number of carbonyl (C=O) groups excluding carboxylic acids is 1. The Bertz CT molecular complexity index is 1170. The topological polar surface area (TPSA) is 79.4 Å². The van der Waals surface area contributed by atoms with Crippen molar-refractivity contribution in [2.24, 2.45) is 5.10 Å². The van der Waals surface area contributed by atoms with Crippen LogP contribution < -0.4 is 10.2 Å². The predicted molar refractivity (Wildman–Crippen MR) is 121 cm³/mol. The summed E-state index contributed by atoms with van der Waals surface area (Å²) < 4.78 is 5.80. The van der Waals surface area contributed by atoms with Crippen LogP contribution in [0.2, 0.25) is 5.02 Å². The third kappa shape index (κ3) is 5.58. The second kappa shape index (κ2) is 9.73. The van der Waals surface area contributed by atoms with Crippen molar-refractivity contribution in [1.29, 1.82) is 0 Å². The highest BCUT2D eigenvalue weighted by molar-refractivity contribution is 6.30. The molecule has 3 aromatic carbocycles. The summed E-state index contributed by atoms with van der Waals surface area (Å²) in [4.78, 5) is 12.3. The van der Waals surface area contributed by atoms with Crippen molar-refractivity contribution in [3.63, 3.8) is 0 Å². The van der Waals surface area contributed by atoms with Gasteiger partial charge in [0, 0.05) is 10.6 Å². The highest BCUT2D eigenvalue weighted by Gasteiger charge is 2.10. The molecule has 0 saturated heterocycles. The first-order chi connectivity index (χ1) is 15.2. The monoisotopic (exact) mass is 430 g/mol. The lowest BCUT2D eigenvalue weighted by molar-refractivity contribution is 0.0950. The van der Waals surface area contributed by atoms with Gasteiger partial charge in [0.1, 0.15) is 18.1 Å². The SMILES string of the molecule is O=C(N/N=C\c1ccc(Cl)cc1)c1cc(-c2ccc(OCc3ccccc3)cc2)n[nH]1. The maximum atomic E-state index is 12.3. The van der Waals surface area contributed by atoms with Gasteiger partial charge in [-0.2, -0.15) is 10.2 Å². The third-order valence-electron chi connectivity index (χ3n) is 4.47. The fraction of sp³-hybridized carbons (Fsp3) is 0.0417. The predicted octanol–water partition coefficient (Wildman–Crippen LogP) is 5.07. The zero-order valence-electron chi connectivity index (χ0n) is 16.5. The van der Waals surface area contributed by atoms with Crippen molar-refractivity contribution in [1.82, 2.24) is 15.6 Å². The van der Waals surface area contributed by atoms with Crippen molar-refractivity contribution in [2.45, 2.75) is 6.61 Å². The van der Waals surface area contributed by atoms with Gasteiger partial charge in [-0.25, -0.2) is 5.43 Å². The van der Waals surface area contributed by atoms with Crippen molar-refractivity contribution in [2.75, 3.05) is 0 Å². The maximum Gasteiger partial charge on any atom is 0.289 e. The van der Waals surface area contributed by atoms with Crippen LogP contribution in [-0.4, -0.2) is 22.3 Å². The Morgan fingerprint density at radius 2 is 1.77 bits per heavy atom. The highest BCUT2D eigenvalue weighted by Crippen LogP contribution is 2.22. The largest absolute Gasteiger partial charge is 0.489 e. The molecular weight excluding hydrogens is 412 g/mol. The summed E-state index contributed by atoms with van der Waals surface area (Å²) in [5.41, 5.74) is 6.24. The smallest absolute Gasteiger partial charge is 0.289 e. The van der Waals surface area contributed by atoms with Crippen LogP contribution in [-0.2, 0) is 6.61 Å². The molecule has 0 spiro atoms. The molecule has 1 aromatic heterocycles. The number of nitrogens with one attached hydrogen (secondary N) is 2. The van der Waals surface area contributed by atoms with E-state index in [0.29, 0.717) is 23.0 Å². The first-order valence-corrected chi connectivity index (χ1v) is 9.97. The minimum absolute atomic E-state index is 0.313. The van der Waals surface area contributed by atoms with Crippen LogP contribution in [0.25, 0.3) is 11.3 Å². The summed E-state index contributed by atoms with van der Waals surface area (Å²) in [6.07, 6.45) is 1.54. The van der Waals surface area contributed by atoms with Gasteiger partial charge in [-0.15, -0.1) is 0 Å². The van der Waals surface area contributed by atoms with Crippen LogP contribution in [0.5, 0.6) is 5.75 Å². The Balaban J connectivity index is 1.34. The summed E-state index contributed by atoms with van der Waals surface area (Å²) in [5, 5.41) is 11.5. The van der Waals surface area contributed by atoms with Crippen molar-refractivity contribution in [3.8, 4) is 17.0 Å². The first kappa shape index (κ1) is 20.4. The van der Waals surface area contributed by atoms with Crippen LogP contribution >= 0.6 is 11.6 Å². The van der Waals surface area contributed by atoms with Crippen LogP contribution in [0.3, 0.4) is 0 Å². The number of amides is 1. The Labute approximate surface area is 184 Å². The lowest BCUT2D eigenvalue weighted by atomic mass is 10.1. The minimum Gasteiger partial charge on any atom is -0.489 e. The van der Waals surface area contributed by atoms with Crippen LogP contribution in [0.1, 0.15) is 21.6 Å². The van der Waals surface area contributed by atoms with E-state index in [1.165, 1.54) is 0 Å². The molecule has 6 nitrogen and oxygen atoms in total. The van der Waals surface area contributed by atoms with E-state index in [9.17, 15) is 4.79 Å². The van der Waals surface area contributed by atoms with Gasteiger partial charge < -0.3 is 4.74 Å². The molecular formula is C24H19ClN4O2. The average molecular weight is 431 g/mol. The number of H-pyrrole nitrogens is 1. The number of benzene rings is 3. The standard InChI is InChI=1S/C24H19ClN4O2/c25-20-10-6-17(7-11-20)15-26-29-24(30)23-14-22(27-28-23)19-8-12-21(13-9-19)31-16-18-4-2-1-3-5-18/h1-15H,16H2,(H,27,28)(H,29,30)/b26-15-. The molecule has 0 radical (unpaired) electrons. The number of hydrogen-bond donors (Lipinski definition) is 2. The summed E-state index contributed by atoms with van der Waals surface area (Å²) in [7, 11) is 0. The molecule has 7 heteroatoms. The molecule has 0 bridgehead atoms. The molecule has 4 aromatic rings. The Morgan fingerprint density at radius 3 is 2.52 bits per heavy atom. The lowest BCUT2D eigenvalue weighted by Crippen LogP contribution is -2.17. The fourth-order valence-electron chi connectivity index (χ4n) is 2.82. The summed E-state index contributed by atoms with van der Waals surface area (Å²) in [6.45, 7) is 0.503. The molecule has 4 rings (SSSR count). The molecule has 0 aliphatic heterocycles. The van der Waals surface area contributed by atoms with E-state index in [0.717, 1.165) is 22.4 Å². The summed E-state index contributed by atoms with van der Waals surface area (Å²) in [5.74, 6) is 0.379. The Morgan fingerprint density at radius 1 is 1.03 bits per heavy atom. The number of hydrazone groups is 1. The molecule has 0 saturated carbocycles. The molecule has 0 unspecified atom stereocenters. The summed E-state index contributed by atoms with van der Waals surface area (Å²) >= 11 is 5.85. The van der Waals surface area contributed by atoms with Gasteiger partial charge in [0.15, 0.2) is 0 Å². The van der Waals surface area contributed by atoms with Gasteiger partial charge in [-0.05, 0) is 53.6 Å². The highest BCUT2D eigenvalue weighted by atomic mass is 35.5. The second-order valence-corrected chi connectivity index (χ2v) is 7.15. The fourth-order valence-corrected chi connectivity index (χ4v) is 2.95. The summed E-state index contributed by atoms with van der Waals surface area (Å²) in [6, 6.07) is 26.3. The van der Waals surface area contributed by atoms with E-state index in [1.807, 2.05) is 54.6 Å². The number of rotatable bonds is 7. The number of hydrogen-bond acceptors (Lipinski definition) is 4. The Kier molecular flexibility index (Phi) is 6.40. The molecule has 2 N–H and O–H groups in total. The number of halogens is 1. The van der Waals surface area contributed by atoms with Gasteiger partial charge in [0.25, 0.3) is 5.91 Å². The van der Waals surface area contributed by atoms with E-state index in [-0.39, 0.29) is 5.91 Å². The number of carbonyl (C=O) groups is 1. The van der Waals surface area contributed by atoms with Gasteiger partial charge in [-0.3, -0.25) is 9.89 Å². The lowest BCUT2D eigenvalue weighted by Gasteiger charge is -2.06. The van der Waals surface area contributed by atoms with E-state index >= 15 is 0 Å². The molecule has 0 aliphatic carbocycles. The first-order valence-electron chi connectivity index (χ1n) is 9.59. The number of aromatic nitrogens is 2. The van der Waals surface area contributed by atoms with Crippen LogP contribution in [0.4, 0.5) is 0 Å². The van der Waals surface area contributed by atoms with Crippen LogP contribution in [0.15, 0.2) is 90.0 Å². The van der Waals surface area contributed by atoms with Gasteiger partial charge in [0.05, 0.1) is 11.9 Å². The second-order valence-electron chi connectivity index (χ2n) is 6.72. The molecule has 1 heterocycles. The van der Waals surface area contributed by atoms with Crippen LogP contribution in [0, 0.1) is 0 Å². The molecule has 0 fully saturated rings. The van der Waals surface area contributed by atoms with Gasteiger partial charge in [-0.1, -0.05) is 54.1 Å². The van der Waals surface area contributed by atoms with E-state index in [4.69, 9.17) is 16.3 Å². The maximum absolute atomic E-state index is 12.3. The molecule has 31 heavy (non-hydrogen) atoms.